The average Bonchev–Trinajstić information content (AvgIpc) is 2.72. The molecule has 3 aromatic carbocycles. The molecule has 0 unspecified atom stereocenters. The Hall–Kier alpha value is -2.78. The predicted molar refractivity (Wildman–Crippen MR) is 114 cm³/mol. The number of nitriles is 1. The van der Waals surface area contributed by atoms with Gasteiger partial charge in [0.25, 0.3) is 0 Å². The lowest BCUT2D eigenvalue weighted by molar-refractivity contribution is 0.305. The van der Waals surface area contributed by atoms with Crippen molar-refractivity contribution in [2.75, 3.05) is 0 Å². The number of hydrogen-bond donors (Lipinski definition) is 0. The quantitative estimate of drug-likeness (QED) is 0.444. The van der Waals surface area contributed by atoms with Gasteiger partial charge in [-0.2, -0.15) is 5.26 Å². The number of benzene rings is 3. The molecule has 4 nitrogen and oxygen atoms in total. The monoisotopic (exact) mass is 443 g/mol. The molecule has 0 aliphatic heterocycles. The van der Waals surface area contributed by atoms with E-state index < -0.39 is 14.7 Å². The SMILES string of the molecule is N#CC(=Cc1ccccc1OCc1ccccc1Cl)S(=O)(=O)c1ccc(Cl)cc1. The summed E-state index contributed by atoms with van der Waals surface area (Å²) in [5.41, 5.74) is 1.26. The first kappa shape index (κ1) is 20.9. The average molecular weight is 444 g/mol. The maximum atomic E-state index is 12.8. The Morgan fingerprint density at radius 3 is 2.31 bits per heavy atom. The molecule has 0 fully saturated rings. The highest BCUT2D eigenvalue weighted by atomic mass is 35.5. The molecular formula is C22H15Cl2NO3S. The van der Waals surface area contributed by atoms with E-state index in [0.29, 0.717) is 21.4 Å². The molecule has 3 aromatic rings. The van der Waals surface area contributed by atoms with Gasteiger partial charge in [0.05, 0.1) is 4.90 Å². The van der Waals surface area contributed by atoms with Crippen LogP contribution in [0.1, 0.15) is 11.1 Å². The second-order valence-electron chi connectivity index (χ2n) is 6.00. The second-order valence-corrected chi connectivity index (χ2v) is 8.76. The van der Waals surface area contributed by atoms with E-state index in [4.69, 9.17) is 27.9 Å². The Kier molecular flexibility index (Phi) is 6.60. The van der Waals surface area contributed by atoms with Crippen LogP contribution in [0, 0.1) is 11.3 Å². The number of rotatable bonds is 6. The second kappa shape index (κ2) is 9.15. The van der Waals surface area contributed by atoms with Crippen LogP contribution in [0.2, 0.25) is 10.0 Å². The van der Waals surface area contributed by atoms with Crippen LogP contribution in [-0.4, -0.2) is 8.42 Å². The highest BCUT2D eigenvalue weighted by Crippen LogP contribution is 2.27. The molecule has 0 aromatic heterocycles. The van der Waals surface area contributed by atoms with Crippen LogP contribution >= 0.6 is 23.2 Å². The van der Waals surface area contributed by atoms with Gasteiger partial charge >= 0.3 is 0 Å². The van der Waals surface area contributed by atoms with Crippen molar-refractivity contribution in [2.45, 2.75) is 11.5 Å². The maximum Gasteiger partial charge on any atom is 0.216 e. The van der Waals surface area contributed by atoms with E-state index in [1.54, 1.807) is 36.4 Å². The van der Waals surface area contributed by atoms with Gasteiger partial charge in [-0.3, -0.25) is 0 Å². The van der Waals surface area contributed by atoms with Crippen molar-refractivity contribution in [3.05, 3.63) is 98.9 Å². The molecule has 0 spiro atoms. The smallest absolute Gasteiger partial charge is 0.216 e. The molecule has 0 saturated carbocycles. The van der Waals surface area contributed by atoms with Crippen LogP contribution in [-0.2, 0) is 16.4 Å². The molecule has 0 radical (unpaired) electrons. The minimum atomic E-state index is -3.99. The number of nitrogens with zero attached hydrogens (tertiary/aromatic N) is 1. The van der Waals surface area contributed by atoms with Crippen LogP contribution in [0.15, 0.2) is 82.6 Å². The predicted octanol–water partition coefficient (Wildman–Crippen LogP) is 5.91. The fourth-order valence-corrected chi connectivity index (χ4v) is 4.02. The molecule has 146 valence electrons. The Morgan fingerprint density at radius 2 is 1.62 bits per heavy atom. The standard InChI is InChI=1S/C22H15Cl2NO3S/c23-18-9-11-19(12-10-18)29(26,27)20(14-25)13-16-5-2-4-8-22(16)28-15-17-6-1-3-7-21(17)24/h1-13H,15H2. The van der Waals surface area contributed by atoms with E-state index in [1.165, 1.54) is 30.3 Å². The molecule has 0 aliphatic carbocycles. The summed E-state index contributed by atoms with van der Waals surface area (Å²) in [4.78, 5) is -0.405. The van der Waals surface area contributed by atoms with Crippen LogP contribution < -0.4 is 4.74 Å². The van der Waals surface area contributed by atoms with E-state index >= 15 is 0 Å². The zero-order chi connectivity index (χ0) is 20.9. The molecule has 29 heavy (non-hydrogen) atoms. The Morgan fingerprint density at radius 1 is 0.966 bits per heavy atom. The van der Waals surface area contributed by atoms with E-state index in [1.807, 2.05) is 18.2 Å². The lowest BCUT2D eigenvalue weighted by Crippen LogP contribution is -2.04. The third-order valence-corrected chi connectivity index (χ3v) is 6.37. The lowest BCUT2D eigenvalue weighted by atomic mass is 10.2. The molecule has 0 N–H and O–H groups in total. The number of para-hydroxylation sites is 1. The van der Waals surface area contributed by atoms with Crippen molar-refractivity contribution in [1.29, 1.82) is 5.26 Å². The molecule has 0 bridgehead atoms. The zero-order valence-corrected chi connectivity index (χ0v) is 17.4. The first-order valence-corrected chi connectivity index (χ1v) is 10.7. The number of halogens is 2. The van der Waals surface area contributed by atoms with Crippen LogP contribution in [0.25, 0.3) is 6.08 Å². The van der Waals surface area contributed by atoms with Gasteiger partial charge in [0.1, 0.15) is 23.3 Å². The van der Waals surface area contributed by atoms with Crippen molar-refractivity contribution >= 4 is 39.1 Å². The minimum Gasteiger partial charge on any atom is -0.488 e. The molecule has 0 atom stereocenters. The van der Waals surface area contributed by atoms with Gasteiger partial charge in [-0.15, -0.1) is 0 Å². The molecule has 0 saturated heterocycles. The van der Waals surface area contributed by atoms with Crippen molar-refractivity contribution in [3.8, 4) is 11.8 Å². The van der Waals surface area contributed by atoms with Crippen LogP contribution in [0.4, 0.5) is 0 Å². The Bertz CT molecular complexity index is 1200. The van der Waals surface area contributed by atoms with Crippen molar-refractivity contribution in [1.82, 2.24) is 0 Å². The largest absolute Gasteiger partial charge is 0.488 e. The summed E-state index contributed by atoms with van der Waals surface area (Å²) in [6.07, 6.45) is 1.30. The molecule has 3 rings (SSSR count). The van der Waals surface area contributed by atoms with Crippen molar-refractivity contribution in [2.24, 2.45) is 0 Å². The van der Waals surface area contributed by atoms with Crippen LogP contribution in [0.5, 0.6) is 5.75 Å². The van der Waals surface area contributed by atoms with Gasteiger partial charge in [-0.1, -0.05) is 59.6 Å². The van der Waals surface area contributed by atoms with Crippen molar-refractivity contribution < 1.29 is 13.2 Å². The summed E-state index contributed by atoms with van der Waals surface area (Å²) in [5.74, 6) is 0.437. The number of allylic oxidation sites excluding steroid dienone is 1. The fraction of sp³-hybridized carbons (Fsp3) is 0.0455. The van der Waals surface area contributed by atoms with Gasteiger partial charge in [-0.25, -0.2) is 8.42 Å². The number of ether oxygens (including phenoxy) is 1. The van der Waals surface area contributed by atoms with E-state index in [-0.39, 0.29) is 11.5 Å². The number of hydrogen-bond acceptors (Lipinski definition) is 4. The topological polar surface area (TPSA) is 67.2 Å². The highest BCUT2D eigenvalue weighted by Gasteiger charge is 2.21. The van der Waals surface area contributed by atoms with Crippen LogP contribution in [0.3, 0.4) is 0 Å². The summed E-state index contributed by atoms with van der Waals surface area (Å²) in [5, 5.41) is 10.5. The summed E-state index contributed by atoms with van der Waals surface area (Å²) >= 11 is 12.0. The van der Waals surface area contributed by atoms with Gasteiger partial charge in [-0.05, 0) is 42.5 Å². The van der Waals surface area contributed by atoms with E-state index in [9.17, 15) is 13.7 Å². The highest BCUT2D eigenvalue weighted by molar-refractivity contribution is 7.95. The number of sulfone groups is 1. The third-order valence-electron chi connectivity index (χ3n) is 4.07. The summed E-state index contributed by atoms with van der Waals surface area (Å²) in [6.45, 7) is 0.205. The summed E-state index contributed by atoms with van der Waals surface area (Å²) in [7, 11) is -3.99. The van der Waals surface area contributed by atoms with Gasteiger partial charge < -0.3 is 4.74 Å². The molecule has 0 amide bonds. The normalized spacial score (nSPS) is 11.7. The first-order valence-electron chi connectivity index (χ1n) is 8.49. The van der Waals surface area contributed by atoms with E-state index in [2.05, 4.69) is 0 Å². The van der Waals surface area contributed by atoms with E-state index in [0.717, 1.165) is 5.56 Å². The Balaban J connectivity index is 1.93. The van der Waals surface area contributed by atoms with Gasteiger partial charge in [0.2, 0.25) is 9.84 Å². The molecule has 0 heterocycles. The molecule has 7 heteroatoms. The maximum absolute atomic E-state index is 12.8. The van der Waals surface area contributed by atoms with Gasteiger partial charge in [0, 0.05) is 21.2 Å². The fourth-order valence-electron chi connectivity index (χ4n) is 2.55. The third kappa shape index (κ3) is 4.99. The lowest BCUT2D eigenvalue weighted by Gasteiger charge is -2.11. The Labute approximate surface area is 179 Å². The summed E-state index contributed by atoms with van der Waals surface area (Å²) < 4.78 is 31.5. The van der Waals surface area contributed by atoms with Gasteiger partial charge in [0.15, 0.2) is 0 Å². The summed E-state index contributed by atoms with van der Waals surface area (Å²) in [6, 6.07) is 21.6. The minimum absolute atomic E-state index is 0.0100. The molecular weight excluding hydrogens is 429 g/mol. The first-order chi connectivity index (χ1) is 13.9. The molecule has 0 aliphatic rings. The van der Waals surface area contributed by atoms with Crippen molar-refractivity contribution in [3.63, 3.8) is 0 Å². The zero-order valence-electron chi connectivity index (χ0n) is 15.0.